The maximum absolute atomic E-state index is 13.6. The molecule has 0 aromatic heterocycles. The smallest absolute Gasteiger partial charge is 0.151 e. The zero-order valence-corrected chi connectivity index (χ0v) is 12.9. The highest BCUT2D eigenvalue weighted by atomic mass is 79.9. The summed E-state index contributed by atoms with van der Waals surface area (Å²) < 4.78 is 20.4. The van der Waals surface area contributed by atoms with E-state index in [9.17, 15) is 9.18 Å². The predicted octanol–water partition coefficient (Wildman–Crippen LogP) is 4.74. The van der Waals surface area contributed by atoms with E-state index in [1.165, 1.54) is 6.07 Å². The first-order valence-corrected chi connectivity index (χ1v) is 7.00. The molecule has 0 bridgehead atoms. The number of ether oxygens (including phenoxy) is 1. The Hall–Kier alpha value is -1.20. The molecule has 98 valence electrons. The Labute approximate surface area is 126 Å². The largest absolute Gasteiger partial charge is 0.489 e. The van der Waals surface area contributed by atoms with Gasteiger partial charge in [-0.2, -0.15) is 0 Å². The Kier molecular flexibility index (Phi) is 4.71. The van der Waals surface area contributed by atoms with Crippen molar-refractivity contribution < 1.29 is 13.9 Å². The van der Waals surface area contributed by atoms with Gasteiger partial charge in [0.15, 0.2) is 6.29 Å². The van der Waals surface area contributed by atoms with E-state index in [1.54, 1.807) is 30.3 Å². The number of halogens is 3. The van der Waals surface area contributed by atoms with E-state index < -0.39 is 0 Å². The highest BCUT2D eigenvalue weighted by Gasteiger charge is 2.05. The van der Waals surface area contributed by atoms with Crippen molar-refractivity contribution in [2.75, 3.05) is 0 Å². The Bertz CT molecular complexity index is 614. The van der Waals surface area contributed by atoms with Gasteiger partial charge in [-0.05, 0) is 30.3 Å². The number of benzene rings is 2. The van der Waals surface area contributed by atoms with Crippen LogP contribution in [-0.2, 0) is 6.61 Å². The van der Waals surface area contributed by atoms with Crippen molar-refractivity contribution in [2.45, 2.75) is 6.61 Å². The lowest BCUT2D eigenvalue weighted by molar-refractivity contribution is 0.112. The highest BCUT2D eigenvalue weighted by Crippen LogP contribution is 2.23. The van der Waals surface area contributed by atoms with Gasteiger partial charge in [0.1, 0.15) is 18.2 Å². The monoisotopic (exact) mass is 386 g/mol. The lowest BCUT2D eigenvalue weighted by Crippen LogP contribution is -1.99. The molecule has 0 aliphatic rings. The third kappa shape index (κ3) is 3.64. The summed E-state index contributed by atoms with van der Waals surface area (Å²) >= 11 is 6.45. The summed E-state index contributed by atoms with van der Waals surface area (Å²) in [5, 5.41) is 0. The first-order valence-electron chi connectivity index (χ1n) is 5.41. The molecule has 0 amide bonds. The van der Waals surface area contributed by atoms with Crippen molar-refractivity contribution >= 4 is 38.1 Å². The van der Waals surface area contributed by atoms with Crippen LogP contribution in [0.5, 0.6) is 5.75 Å². The summed E-state index contributed by atoms with van der Waals surface area (Å²) in [5.41, 5.74) is 0.951. The molecule has 2 aromatic carbocycles. The molecule has 0 aliphatic carbocycles. The number of hydrogen-bond donors (Lipinski definition) is 0. The molecule has 5 heteroatoms. The maximum Gasteiger partial charge on any atom is 0.151 e. The molecule has 0 radical (unpaired) electrons. The second kappa shape index (κ2) is 6.30. The van der Waals surface area contributed by atoms with Crippen LogP contribution in [0.2, 0.25) is 0 Å². The van der Waals surface area contributed by atoms with Crippen molar-refractivity contribution in [3.63, 3.8) is 0 Å². The Morgan fingerprint density at radius 3 is 2.63 bits per heavy atom. The van der Waals surface area contributed by atoms with Crippen LogP contribution < -0.4 is 4.74 Å². The first kappa shape index (κ1) is 14.2. The Morgan fingerprint density at radius 1 is 1.16 bits per heavy atom. The zero-order chi connectivity index (χ0) is 13.8. The lowest BCUT2D eigenvalue weighted by atomic mass is 10.2. The molecule has 0 N–H and O–H groups in total. The molecular formula is C14H9Br2FO2. The van der Waals surface area contributed by atoms with Crippen molar-refractivity contribution in [1.29, 1.82) is 0 Å². The van der Waals surface area contributed by atoms with Gasteiger partial charge in [-0.15, -0.1) is 0 Å². The fourth-order valence-corrected chi connectivity index (χ4v) is 2.17. The van der Waals surface area contributed by atoms with Crippen LogP contribution in [0, 0.1) is 5.82 Å². The fourth-order valence-electron chi connectivity index (χ4n) is 1.50. The van der Waals surface area contributed by atoms with Gasteiger partial charge in [0.05, 0.1) is 0 Å². The van der Waals surface area contributed by atoms with Crippen LogP contribution in [0.15, 0.2) is 45.3 Å². The summed E-state index contributed by atoms with van der Waals surface area (Å²) in [6, 6.07) is 9.83. The van der Waals surface area contributed by atoms with E-state index in [4.69, 9.17) is 4.74 Å². The molecule has 19 heavy (non-hydrogen) atoms. The van der Waals surface area contributed by atoms with Gasteiger partial charge < -0.3 is 4.74 Å². The molecule has 2 rings (SSSR count). The van der Waals surface area contributed by atoms with E-state index in [-0.39, 0.29) is 12.4 Å². The van der Waals surface area contributed by atoms with Gasteiger partial charge >= 0.3 is 0 Å². The molecule has 0 fully saturated rings. The average Bonchev–Trinajstić information content (AvgIpc) is 2.39. The van der Waals surface area contributed by atoms with Crippen LogP contribution in [0.25, 0.3) is 0 Å². The van der Waals surface area contributed by atoms with E-state index >= 15 is 0 Å². The summed E-state index contributed by atoms with van der Waals surface area (Å²) in [6.45, 7) is 0.110. The number of carbonyl (C=O) groups excluding carboxylic acids is 1. The van der Waals surface area contributed by atoms with Crippen molar-refractivity contribution in [3.05, 3.63) is 62.3 Å². The minimum atomic E-state index is -0.331. The van der Waals surface area contributed by atoms with E-state index in [2.05, 4.69) is 31.9 Å². The highest BCUT2D eigenvalue weighted by molar-refractivity contribution is 9.10. The molecule has 0 heterocycles. The van der Waals surface area contributed by atoms with Crippen LogP contribution in [-0.4, -0.2) is 6.29 Å². The standard InChI is InChI=1S/C14H9Br2FO2/c15-11-2-1-9(14(17)6-11)8-19-12-3-4-13(16)10(5-12)7-18/h1-7H,8H2. The van der Waals surface area contributed by atoms with Crippen LogP contribution in [0.1, 0.15) is 15.9 Å². The number of carbonyl (C=O) groups is 1. The molecule has 0 spiro atoms. The van der Waals surface area contributed by atoms with Crippen molar-refractivity contribution in [1.82, 2.24) is 0 Å². The molecule has 0 atom stereocenters. The number of hydrogen-bond acceptors (Lipinski definition) is 2. The zero-order valence-electron chi connectivity index (χ0n) is 9.70. The fraction of sp³-hybridized carbons (Fsp3) is 0.0714. The summed E-state index contributed by atoms with van der Waals surface area (Å²) in [4.78, 5) is 10.8. The van der Waals surface area contributed by atoms with E-state index in [1.807, 2.05) is 0 Å². The lowest BCUT2D eigenvalue weighted by Gasteiger charge is -2.08. The Morgan fingerprint density at radius 2 is 1.95 bits per heavy atom. The Balaban J connectivity index is 2.12. The molecule has 0 unspecified atom stereocenters. The molecule has 2 aromatic rings. The van der Waals surface area contributed by atoms with Gasteiger partial charge in [0, 0.05) is 20.1 Å². The van der Waals surface area contributed by atoms with E-state index in [0.29, 0.717) is 25.8 Å². The molecule has 0 saturated heterocycles. The van der Waals surface area contributed by atoms with Gasteiger partial charge in [0.2, 0.25) is 0 Å². The van der Waals surface area contributed by atoms with E-state index in [0.717, 1.165) is 6.29 Å². The minimum absolute atomic E-state index is 0.110. The third-order valence-electron chi connectivity index (χ3n) is 2.50. The topological polar surface area (TPSA) is 26.3 Å². The molecule has 0 saturated carbocycles. The third-order valence-corrected chi connectivity index (χ3v) is 3.72. The molecule has 2 nitrogen and oxygen atoms in total. The van der Waals surface area contributed by atoms with Crippen LogP contribution in [0.3, 0.4) is 0 Å². The van der Waals surface area contributed by atoms with Gasteiger partial charge in [-0.1, -0.05) is 37.9 Å². The maximum atomic E-state index is 13.6. The summed E-state index contributed by atoms with van der Waals surface area (Å²) in [7, 11) is 0. The summed E-state index contributed by atoms with van der Waals surface area (Å²) in [5.74, 6) is 0.190. The van der Waals surface area contributed by atoms with Gasteiger partial charge in [-0.3, -0.25) is 4.79 Å². The predicted molar refractivity (Wildman–Crippen MR) is 78.0 cm³/mol. The normalized spacial score (nSPS) is 10.3. The minimum Gasteiger partial charge on any atom is -0.489 e. The average molecular weight is 388 g/mol. The summed E-state index contributed by atoms with van der Waals surface area (Å²) in [6.07, 6.45) is 0.733. The SMILES string of the molecule is O=Cc1cc(OCc2ccc(Br)cc2F)ccc1Br. The first-order chi connectivity index (χ1) is 9.10. The number of aldehydes is 1. The molecule has 0 aliphatic heterocycles. The molecular weight excluding hydrogens is 379 g/mol. The van der Waals surface area contributed by atoms with Crippen LogP contribution in [0.4, 0.5) is 4.39 Å². The van der Waals surface area contributed by atoms with Crippen molar-refractivity contribution in [2.24, 2.45) is 0 Å². The second-order valence-corrected chi connectivity index (χ2v) is 5.60. The quantitative estimate of drug-likeness (QED) is 0.708. The second-order valence-electron chi connectivity index (χ2n) is 3.83. The van der Waals surface area contributed by atoms with Crippen molar-refractivity contribution in [3.8, 4) is 5.75 Å². The van der Waals surface area contributed by atoms with Gasteiger partial charge in [0.25, 0.3) is 0 Å². The van der Waals surface area contributed by atoms with Crippen LogP contribution >= 0.6 is 31.9 Å². The van der Waals surface area contributed by atoms with Gasteiger partial charge in [-0.25, -0.2) is 4.39 Å². The number of rotatable bonds is 4.